The van der Waals surface area contributed by atoms with E-state index in [0.717, 1.165) is 78.2 Å². The van der Waals surface area contributed by atoms with Crippen LogP contribution in [0.4, 0.5) is 22.7 Å². The van der Waals surface area contributed by atoms with Gasteiger partial charge in [0.2, 0.25) is 0 Å². The van der Waals surface area contributed by atoms with Gasteiger partial charge in [0.15, 0.2) is 0 Å². The first-order valence-electron chi connectivity index (χ1n) is 31.0. The van der Waals surface area contributed by atoms with E-state index in [1.165, 1.54) is 50.1 Å². The summed E-state index contributed by atoms with van der Waals surface area (Å²) in [5, 5.41) is 2.23. The quantitative estimate of drug-likeness (QED) is 0.135. The second-order valence-electron chi connectivity index (χ2n) is 28.2. The number of anilines is 4. The van der Waals surface area contributed by atoms with Crippen molar-refractivity contribution < 1.29 is 25.8 Å². The normalized spacial score (nSPS) is 13.8. The van der Waals surface area contributed by atoms with Crippen molar-refractivity contribution in [2.75, 3.05) is 9.80 Å². The fraction of sp³-hybridized carbons (Fsp3) is 0.205. The Labute approximate surface area is 541 Å². The maximum Gasteiger partial charge on any atom is 0.135 e. The van der Waals surface area contributed by atoms with Gasteiger partial charge in [0, 0.05) is 77.9 Å². The molecule has 0 saturated heterocycles. The molecule has 1 aliphatic carbocycles. The molecule has 6 heteroatoms. The van der Waals surface area contributed by atoms with Gasteiger partial charge in [-0.3, -0.25) is 0 Å². The molecule has 5 nitrogen and oxygen atoms in total. The molecule has 0 saturated carbocycles. The average Bonchev–Trinajstić information content (AvgIpc) is 1.94. The Morgan fingerprint density at radius 3 is 1.57 bits per heavy atom. The summed E-state index contributed by atoms with van der Waals surface area (Å²) in [6.45, 7) is 29.7. The van der Waals surface area contributed by atoms with E-state index in [0.29, 0.717) is 11.5 Å². The number of ether oxygens (including phenoxy) is 1. The first-order chi connectivity index (χ1) is 42.2. The Hall–Kier alpha value is -8.76. The number of hydrogen-bond donors (Lipinski definition) is 0. The topological polar surface area (TPSA) is 33.5 Å². The molecule has 0 amide bonds. The molecule has 446 valence electrons. The summed E-state index contributed by atoms with van der Waals surface area (Å²) in [6, 6.07) is 90.5. The summed E-state index contributed by atoms with van der Waals surface area (Å²) in [5.41, 5.74) is 21.5. The third-order valence-corrected chi connectivity index (χ3v) is 18.2. The SMILES string of the molecule is CC(C)(C)c1ccc(C2(c3cc(Oc4[c-]c5c(cc4)c4cccc(C(C)(C)C)c4n5-c4cc(C(C)(C)C)ccn4)[c-]c(N4[CH-]N(c5c(-c6ccccc6)cc(C(C)(C)C)cc5-c5ccccc5)c5ccccc54)c3)c3ccccc3-c3ccccc32)cc1.[Pt]. The number of pyridine rings is 1. The van der Waals surface area contributed by atoms with Gasteiger partial charge in [-0.15, -0.1) is 53.6 Å². The van der Waals surface area contributed by atoms with E-state index < -0.39 is 5.41 Å². The largest absolute Gasteiger partial charge is 0.509 e. The van der Waals surface area contributed by atoms with Gasteiger partial charge in [0.05, 0.1) is 0 Å². The molecule has 0 fully saturated rings. The van der Waals surface area contributed by atoms with Crippen molar-refractivity contribution in [3.05, 3.63) is 294 Å². The molecule has 89 heavy (non-hydrogen) atoms. The van der Waals surface area contributed by atoms with Crippen LogP contribution < -0.4 is 14.5 Å². The second-order valence-corrected chi connectivity index (χ2v) is 28.2. The standard InChI is InChI=1S/C83H75N4O.Pt/c1-79(2,3)56-38-40-57(41-39-56)83(70-33-21-19-30-64(70)65-31-20-22-34-71(65)83)60-46-61(51-63(47-60)88-62-42-43-66-67-32-25-35-72(82(10,11)12)78(67)87(75(66)52-62)76-50-58(44-45-84-76)80(4,5)6)85-53-86(74-37-24-23-36-73(74)85)77-68(54-26-15-13-16-27-54)48-59(81(7,8)9)49-69(77)55-28-17-14-18-29-55;/h13-50,53H,1-12H3;/q-3;. The van der Waals surface area contributed by atoms with Gasteiger partial charge in [-0.05, 0) is 125 Å². The fourth-order valence-corrected chi connectivity index (χ4v) is 13.6. The van der Waals surface area contributed by atoms with Gasteiger partial charge in [-0.2, -0.15) is 6.07 Å². The van der Waals surface area contributed by atoms with Gasteiger partial charge < -0.3 is 19.1 Å². The molecule has 2 aliphatic rings. The van der Waals surface area contributed by atoms with Crippen molar-refractivity contribution in [3.63, 3.8) is 0 Å². The van der Waals surface area contributed by atoms with Gasteiger partial charge in [0.25, 0.3) is 0 Å². The maximum absolute atomic E-state index is 7.47. The minimum Gasteiger partial charge on any atom is -0.509 e. The second kappa shape index (κ2) is 22.1. The van der Waals surface area contributed by atoms with Crippen LogP contribution in [0, 0.1) is 18.8 Å². The molecule has 14 rings (SSSR count). The van der Waals surface area contributed by atoms with Crippen LogP contribution in [-0.4, -0.2) is 9.55 Å². The molecule has 0 bridgehead atoms. The molecule has 0 unspecified atom stereocenters. The molecule has 12 aromatic rings. The van der Waals surface area contributed by atoms with Crippen molar-refractivity contribution >= 4 is 44.6 Å². The molecular weight excluding hydrogens is 1260 g/mol. The minimum absolute atomic E-state index is 0. The fourth-order valence-electron chi connectivity index (χ4n) is 13.6. The number of rotatable bonds is 9. The van der Waals surface area contributed by atoms with E-state index in [4.69, 9.17) is 9.72 Å². The molecule has 0 N–H and O–H groups in total. The van der Waals surface area contributed by atoms with E-state index in [1.54, 1.807) is 0 Å². The van der Waals surface area contributed by atoms with Gasteiger partial charge in [-0.25, -0.2) is 4.98 Å². The predicted molar refractivity (Wildman–Crippen MR) is 367 cm³/mol. The zero-order chi connectivity index (χ0) is 61.1. The summed E-state index contributed by atoms with van der Waals surface area (Å²) < 4.78 is 9.78. The number of benzene rings is 10. The predicted octanol–water partition coefficient (Wildman–Crippen LogP) is 21.9. The van der Waals surface area contributed by atoms with Crippen LogP contribution in [0.1, 0.15) is 128 Å². The van der Waals surface area contributed by atoms with E-state index in [9.17, 15) is 0 Å². The Balaban J connectivity index is 0.00000729. The number of fused-ring (bicyclic) bond motifs is 7. The van der Waals surface area contributed by atoms with Crippen molar-refractivity contribution in [1.29, 1.82) is 0 Å². The zero-order valence-corrected chi connectivity index (χ0v) is 55.3. The average molecular weight is 1340 g/mol. The molecule has 0 atom stereocenters. The van der Waals surface area contributed by atoms with Crippen LogP contribution in [0.5, 0.6) is 11.5 Å². The third kappa shape index (κ3) is 10.2. The molecule has 0 radical (unpaired) electrons. The van der Waals surface area contributed by atoms with Crippen molar-refractivity contribution in [2.24, 2.45) is 0 Å². The monoisotopic (exact) mass is 1340 g/mol. The Morgan fingerprint density at radius 1 is 0.427 bits per heavy atom. The zero-order valence-electron chi connectivity index (χ0n) is 53.0. The van der Waals surface area contributed by atoms with E-state index in [-0.39, 0.29) is 42.7 Å². The number of para-hydroxylation sites is 3. The summed E-state index contributed by atoms with van der Waals surface area (Å²) >= 11 is 0. The van der Waals surface area contributed by atoms with E-state index in [2.05, 4.69) is 341 Å². The summed E-state index contributed by atoms with van der Waals surface area (Å²) in [6.07, 6.45) is 1.95. The van der Waals surface area contributed by atoms with Crippen LogP contribution >= 0.6 is 0 Å². The van der Waals surface area contributed by atoms with Gasteiger partial charge in [0.1, 0.15) is 5.82 Å². The number of hydrogen-bond acceptors (Lipinski definition) is 4. The van der Waals surface area contributed by atoms with Crippen molar-refractivity contribution in [1.82, 2.24) is 9.55 Å². The molecule has 10 aromatic carbocycles. The number of aromatic nitrogens is 2. The maximum atomic E-state index is 7.47. The molecule has 3 heterocycles. The van der Waals surface area contributed by atoms with E-state index >= 15 is 0 Å². The summed E-state index contributed by atoms with van der Waals surface area (Å²) in [4.78, 5) is 9.85. The minimum atomic E-state index is -0.776. The Kier molecular flexibility index (Phi) is 14.7. The van der Waals surface area contributed by atoms with E-state index in [1.807, 2.05) is 6.20 Å². The van der Waals surface area contributed by atoms with Crippen molar-refractivity contribution in [3.8, 4) is 50.7 Å². The molecular formula is C83H75N4OPt-3. The first-order valence-corrected chi connectivity index (χ1v) is 31.0. The van der Waals surface area contributed by atoms with Gasteiger partial charge >= 0.3 is 0 Å². The summed E-state index contributed by atoms with van der Waals surface area (Å²) in [5.74, 6) is 1.98. The summed E-state index contributed by atoms with van der Waals surface area (Å²) in [7, 11) is 0. The smallest absolute Gasteiger partial charge is 0.135 e. The third-order valence-electron chi connectivity index (χ3n) is 18.2. The van der Waals surface area contributed by atoms with Crippen molar-refractivity contribution in [2.45, 2.75) is 110 Å². The van der Waals surface area contributed by atoms with Crippen LogP contribution in [0.15, 0.2) is 231 Å². The molecule has 1 aliphatic heterocycles. The van der Waals surface area contributed by atoms with Crippen LogP contribution in [-0.2, 0) is 48.1 Å². The molecule has 0 spiro atoms. The number of nitrogens with zero attached hydrogens (tertiary/aromatic N) is 4. The Bertz CT molecular complexity index is 4560. The first kappa shape index (κ1) is 59.2. The molecule has 2 aromatic heterocycles. The van der Waals surface area contributed by atoms with Gasteiger partial charge in [-0.1, -0.05) is 252 Å². The Morgan fingerprint density at radius 2 is 0.989 bits per heavy atom. The van der Waals surface area contributed by atoms with Crippen LogP contribution in [0.2, 0.25) is 0 Å². The van der Waals surface area contributed by atoms with Crippen LogP contribution in [0.3, 0.4) is 0 Å². The van der Waals surface area contributed by atoms with Crippen LogP contribution in [0.25, 0.3) is 61.0 Å².